The maximum atomic E-state index is 12.1. The van der Waals surface area contributed by atoms with Crippen LogP contribution >= 0.6 is 11.8 Å². The lowest BCUT2D eigenvalue weighted by Gasteiger charge is -2.33. The number of carbonyl (C=O) groups excluding carboxylic acids is 1. The Balaban J connectivity index is 1.49. The first-order valence-electron chi connectivity index (χ1n) is 9.00. The molecule has 0 unspecified atom stereocenters. The molecule has 1 aliphatic heterocycles. The van der Waals surface area contributed by atoms with Crippen LogP contribution in [0.25, 0.3) is 11.0 Å². The first kappa shape index (κ1) is 19.1. The van der Waals surface area contributed by atoms with E-state index in [9.17, 15) is 4.79 Å². The van der Waals surface area contributed by atoms with Crippen molar-refractivity contribution in [3.63, 3.8) is 0 Å². The van der Waals surface area contributed by atoms with Gasteiger partial charge < -0.3 is 18.8 Å². The zero-order chi connectivity index (χ0) is 18.7. The number of hydrogen-bond donors (Lipinski definition) is 0. The van der Waals surface area contributed by atoms with Gasteiger partial charge in [-0.1, -0.05) is 0 Å². The van der Waals surface area contributed by atoms with Crippen molar-refractivity contribution < 1.29 is 18.7 Å². The van der Waals surface area contributed by atoms with Crippen molar-refractivity contribution >= 4 is 28.8 Å². The van der Waals surface area contributed by atoms with Crippen molar-refractivity contribution in [2.24, 2.45) is 0 Å². The fourth-order valence-corrected chi connectivity index (χ4v) is 3.45. The Kier molecular flexibility index (Phi) is 5.82. The molecule has 3 rings (SSSR count). The van der Waals surface area contributed by atoms with Crippen molar-refractivity contribution in [1.82, 2.24) is 4.90 Å². The largest absolute Gasteiger partial charge is 0.459 e. The van der Waals surface area contributed by atoms with Gasteiger partial charge in [-0.15, -0.1) is 11.8 Å². The summed E-state index contributed by atoms with van der Waals surface area (Å²) < 4.78 is 17.3. The molecule has 0 N–H and O–H groups in total. The summed E-state index contributed by atoms with van der Waals surface area (Å²) in [6.45, 7) is 7.44. The molecule has 1 aliphatic rings. The lowest BCUT2D eigenvalue weighted by molar-refractivity contribution is -0.0207. The van der Waals surface area contributed by atoms with E-state index in [0.717, 1.165) is 29.6 Å². The monoisotopic (exact) mass is 377 g/mol. The van der Waals surface area contributed by atoms with Crippen LogP contribution in [-0.4, -0.2) is 42.0 Å². The average molecular weight is 378 g/mol. The maximum Gasteiger partial charge on any atom is 0.410 e. The van der Waals surface area contributed by atoms with E-state index < -0.39 is 5.60 Å². The maximum absolute atomic E-state index is 12.1. The van der Waals surface area contributed by atoms with Crippen molar-refractivity contribution in [2.45, 2.75) is 56.8 Å². The van der Waals surface area contributed by atoms with E-state index in [2.05, 4.69) is 18.4 Å². The number of benzene rings is 1. The fourth-order valence-electron chi connectivity index (χ4n) is 3.01. The van der Waals surface area contributed by atoms with Crippen LogP contribution in [0.2, 0.25) is 0 Å². The molecule has 0 spiro atoms. The minimum Gasteiger partial charge on any atom is -0.459 e. The molecule has 0 aliphatic carbocycles. The van der Waals surface area contributed by atoms with Crippen molar-refractivity contribution in [3.05, 3.63) is 30.0 Å². The first-order valence-corrected chi connectivity index (χ1v) is 10.2. The number of piperidine rings is 1. The van der Waals surface area contributed by atoms with Gasteiger partial charge in [0.15, 0.2) is 0 Å². The molecule has 1 fully saturated rings. The van der Waals surface area contributed by atoms with Crippen molar-refractivity contribution in [1.29, 1.82) is 0 Å². The number of nitrogens with zero attached hydrogens (tertiary/aromatic N) is 1. The van der Waals surface area contributed by atoms with Crippen LogP contribution in [0.4, 0.5) is 4.79 Å². The zero-order valence-electron chi connectivity index (χ0n) is 15.9. The van der Waals surface area contributed by atoms with Crippen LogP contribution in [0.1, 0.15) is 39.4 Å². The summed E-state index contributed by atoms with van der Waals surface area (Å²) >= 11 is 1.72. The second-order valence-electron chi connectivity index (χ2n) is 7.59. The van der Waals surface area contributed by atoms with Gasteiger partial charge >= 0.3 is 6.09 Å². The molecule has 1 amide bonds. The molecule has 1 aromatic carbocycles. The third kappa shape index (κ3) is 4.95. The summed E-state index contributed by atoms with van der Waals surface area (Å²) in [7, 11) is 0. The van der Waals surface area contributed by atoms with E-state index >= 15 is 0 Å². The highest BCUT2D eigenvalue weighted by atomic mass is 32.2. The van der Waals surface area contributed by atoms with Crippen molar-refractivity contribution in [2.75, 3.05) is 19.3 Å². The number of thioether (sulfide) groups is 1. The highest BCUT2D eigenvalue weighted by Gasteiger charge is 2.27. The van der Waals surface area contributed by atoms with Crippen LogP contribution in [0, 0.1) is 0 Å². The molecule has 26 heavy (non-hydrogen) atoms. The summed E-state index contributed by atoms with van der Waals surface area (Å²) in [6.07, 6.45) is 3.60. The van der Waals surface area contributed by atoms with Crippen LogP contribution in [0.15, 0.2) is 33.6 Å². The lowest BCUT2D eigenvalue weighted by atomic mass is 10.1. The Morgan fingerprint density at radius 2 is 2.00 bits per heavy atom. The molecule has 5 nitrogen and oxygen atoms in total. The van der Waals surface area contributed by atoms with Gasteiger partial charge in [-0.05, 0) is 64.1 Å². The molecule has 6 heteroatoms. The molecular weight excluding hydrogens is 350 g/mol. The van der Waals surface area contributed by atoms with E-state index in [1.807, 2.05) is 32.9 Å². The van der Waals surface area contributed by atoms with Gasteiger partial charge in [-0.3, -0.25) is 0 Å². The second kappa shape index (κ2) is 7.92. The molecule has 1 aromatic heterocycles. The minimum atomic E-state index is -0.456. The summed E-state index contributed by atoms with van der Waals surface area (Å²) in [5, 5.41) is 1.11. The molecule has 0 saturated carbocycles. The molecule has 1 saturated heterocycles. The van der Waals surface area contributed by atoms with E-state index in [-0.39, 0.29) is 12.2 Å². The van der Waals surface area contributed by atoms with Gasteiger partial charge in [0, 0.05) is 23.4 Å². The van der Waals surface area contributed by atoms with E-state index in [4.69, 9.17) is 13.9 Å². The van der Waals surface area contributed by atoms with Crippen LogP contribution < -0.4 is 0 Å². The number of rotatable bonds is 4. The Morgan fingerprint density at radius 1 is 1.27 bits per heavy atom. The number of furan rings is 1. The van der Waals surface area contributed by atoms with Gasteiger partial charge in [-0.25, -0.2) is 4.79 Å². The van der Waals surface area contributed by atoms with Crippen LogP contribution in [-0.2, 0) is 16.1 Å². The molecule has 0 bridgehead atoms. The standard InChI is InChI=1S/C20H27NO4S/c1-20(2,3)25-19(22)21-9-7-15(8-10-21)23-13-16-11-14-12-17(26-4)5-6-18(14)24-16/h5-6,11-12,15H,7-10,13H2,1-4H3. The summed E-state index contributed by atoms with van der Waals surface area (Å²) in [5.41, 5.74) is 0.433. The van der Waals surface area contributed by atoms with Gasteiger partial charge in [0.1, 0.15) is 23.6 Å². The molecule has 2 aromatic rings. The molecular formula is C20H27NO4S. The van der Waals surface area contributed by atoms with Gasteiger partial charge in [0.2, 0.25) is 0 Å². The predicted octanol–water partition coefficient (Wildman–Crippen LogP) is 5.07. The Hall–Kier alpha value is -1.66. The highest BCUT2D eigenvalue weighted by Crippen LogP contribution is 2.26. The number of likely N-dealkylation sites (tertiary alicyclic amines) is 1. The highest BCUT2D eigenvalue weighted by molar-refractivity contribution is 7.98. The van der Waals surface area contributed by atoms with E-state index in [1.165, 1.54) is 4.90 Å². The Morgan fingerprint density at radius 3 is 2.65 bits per heavy atom. The van der Waals surface area contributed by atoms with Gasteiger partial charge in [0.25, 0.3) is 0 Å². The zero-order valence-corrected chi connectivity index (χ0v) is 16.7. The smallest absolute Gasteiger partial charge is 0.410 e. The normalized spacial score (nSPS) is 16.2. The molecule has 142 valence electrons. The Labute approximate surface area is 159 Å². The van der Waals surface area contributed by atoms with E-state index in [1.54, 1.807) is 16.7 Å². The number of ether oxygens (including phenoxy) is 2. The predicted molar refractivity (Wildman–Crippen MR) is 104 cm³/mol. The Bertz CT molecular complexity index is 757. The molecule has 0 radical (unpaired) electrons. The topological polar surface area (TPSA) is 51.9 Å². The number of fused-ring (bicyclic) bond motifs is 1. The number of amides is 1. The van der Waals surface area contributed by atoms with Gasteiger partial charge in [-0.2, -0.15) is 0 Å². The first-order chi connectivity index (χ1) is 12.3. The fraction of sp³-hybridized carbons (Fsp3) is 0.550. The third-order valence-corrected chi connectivity index (χ3v) is 5.05. The third-order valence-electron chi connectivity index (χ3n) is 4.33. The lowest BCUT2D eigenvalue weighted by Crippen LogP contribution is -2.43. The SMILES string of the molecule is CSc1ccc2oc(COC3CCN(C(=O)OC(C)(C)C)CC3)cc2c1. The van der Waals surface area contributed by atoms with Crippen LogP contribution in [0.3, 0.4) is 0 Å². The second-order valence-corrected chi connectivity index (χ2v) is 8.47. The number of hydrogen-bond acceptors (Lipinski definition) is 5. The summed E-state index contributed by atoms with van der Waals surface area (Å²) in [4.78, 5) is 15.1. The van der Waals surface area contributed by atoms with Gasteiger partial charge in [0.05, 0.1) is 6.10 Å². The van der Waals surface area contributed by atoms with E-state index in [0.29, 0.717) is 19.7 Å². The summed E-state index contributed by atoms with van der Waals surface area (Å²) in [6, 6.07) is 8.24. The minimum absolute atomic E-state index is 0.142. The average Bonchev–Trinajstić information content (AvgIpc) is 3.00. The molecule has 0 atom stereocenters. The van der Waals surface area contributed by atoms with Crippen LogP contribution in [0.5, 0.6) is 0 Å². The summed E-state index contributed by atoms with van der Waals surface area (Å²) in [5.74, 6) is 0.841. The molecule has 2 heterocycles. The number of carbonyl (C=O) groups is 1. The quantitative estimate of drug-likeness (QED) is 0.696. The van der Waals surface area contributed by atoms with Crippen molar-refractivity contribution in [3.8, 4) is 0 Å².